The predicted molar refractivity (Wildman–Crippen MR) is 179 cm³/mol. The van der Waals surface area contributed by atoms with E-state index in [1.54, 1.807) is 48.5 Å². The van der Waals surface area contributed by atoms with Gasteiger partial charge in [0.05, 0.1) is 20.3 Å². The molecule has 9 heteroatoms. The van der Waals surface area contributed by atoms with Crippen molar-refractivity contribution < 1.29 is 21.6 Å². The van der Waals surface area contributed by atoms with Gasteiger partial charge >= 0.3 is 0 Å². The van der Waals surface area contributed by atoms with Crippen molar-refractivity contribution >= 4 is 48.7 Å². The SMILES string of the molecule is Cc1ccc(C2CC(=O)[C@@H]3CC(S(=O)(=O)c4ccc(C)cc4)C(c4ccc(Cl)cc4)C[C@@H]3C2S(=O)(=O)c2ccc(Cl)cc2)cc1. The molecule has 0 spiro atoms. The quantitative estimate of drug-likeness (QED) is 0.205. The highest BCUT2D eigenvalue weighted by molar-refractivity contribution is 7.92. The number of hydrogen-bond acceptors (Lipinski definition) is 5. The first-order valence-electron chi connectivity index (χ1n) is 15.0. The fraction of sp³-hybridized carbons (Fsp3) is 0.306. The number of sulfone groups is 2. The Hall–Kier alpha value is -2.97. The van der Waals surface area contributed by atoms with Crippen LogP contribution in [0.15, 0.2) is 107 Å². The summed E-state index contributed by atoms with van der Waals surface area (Å²) in [6, 6.07) is 27.6. The summed E-state index contributed by atoms with van der Waals surface area (Å²) in [6.45, 7) is 3.85. The smallest absolute Gasteiger partial charge is 0.182 e. The summed E-state index contributed by atoms with van der Waals surface area (Å²) in [5.41, 5.74) is 3.51. The molecular formula is C36H34Cl2O5S2. The third kappa shape index (κ3) is 6.12. The predicted octanol–water partition coefficient (Wildman–Crippen LogP) is 8.16. The molecule has 0 radical (unpaired) electrons. The van der Waals surface area contributed by atoms with Crippen molar-refractivity contribution in [3.63, 3.8) is 0 Å². The number of carbonyl (C=O) groups excluding carboxylic acids is 1. The lowest BCUT2D eigenvalue weighted by Crippen LogP contribution is -2.53. The number of hydrogen-bond donors (Lipinski definition) is 0. The van der Waals surface area contributed by atoms with Gasteiger partial charge < -0.3 is 0 Å². The molecule has 0 bridgehead atoms. The lowest BCUT2D eigenvalue weighted by atomic mass is 9.61. The number of carbonyl (C=O) groups is 1. The summed E-state index contributed by atoms with van der Waals surface area (Å²) in [7, 11) is -7.87. The maximum atomic E-state index is 14.6. The average Bonchev–Trinajstić information content (AvgIpc) is 3.01. The number of ketones is 1. The van der Waals surface area contributed by atoms with E-state index < -0.39 is 53.8 Å². The van der Waals surface area contributed by atoms with Gasteiger partial charge in [-0.05, 0) is 92.3 Å². The maximum absolute atomic E-state index is 14.6. The average molecular weight is 682 g/mol. The third-order valence-corrected chi connectivity index (χ3v) is 14.8. The van der Waals surface area contributed by atoms with Gasteiger partial charge in [0.1, 0.15) is 5.78 Å². The van der Waals surface area contributed by atoms with Crippen molar-refractivity contribution in [2.75, 3.05) is 0 Å². The van der Waals surface area contributed by atoms with E-state index >= 15 is 0 Å². The fourth-order valence-electron chi connectivity index (χ4n) is 7.37. The largest absolute Gasteiger partial charge is 0.299 e. The molecule has 0 heterocycles. The molecule has 0 N–H and O–H groups in total. The van der Waals surface area contributed by atoms with Gasteiger partial charge in [0.2, 0.25) is 0 Å². The normalized spacial score (nSPS) is 25.5. The Labute approximate surface area is 275 Å². The van der Waals surface area contributed by atoms with Crippen LogP contribution < -0.4 is 0 Å². The van der Waals surface area contributed by atoms with Crippen LogP contribution in [-0.2, 0) is 24.5 Å². The fourth-order valence-corrected chi connectivity index (χ4v) is 11.9. The van der Waals surface area contributed by atoms with E-state index in [9.17, 15) is 21.6 Å². The molecule has 0 aliphatic heterocycles. The number of aryl methyl sites for hydroxylation is 2. The topological polar surface area (TPSA) is 85.3 Å². The van der Waals surface area contributed by atoms with Crippen LogP contribution in [0.25, 0.3) is 0 Å². The van der Waals surface area contributed by atoms with E-state index in [4.69, 9.17) is 23.2 Å². The van der Waals surface area contributed by atoms with E-state index in [1.807, 2.05) is 50.2 Å². The molecule has 6 atom stereocenters. The Morgan fingerprint density at radius 2 is 1.00 bits per heavy atom. The molecule has 6 rings (SSSR count). The molecular weight excluding hydrogens is 647 g/mol. The zero-order valence-corrected chi connectivity index (χ0v) is 28.1. The van der Waals surface area contributed by atoms with Gasteiger partial charge in [-0.15, -0.1) is 0 Å². The van der Waals surface area contributed by atoms with Gasteiger partial charge in [-0.1, -0.05) is 82.9 Å². The summed E-state index contributed by atoms with van der Waals surface area (Å²) in [6.07, 6.45) is 0.276. The van der Waals surface area contributed by atoms with Crippen molar-refractivity contribution in [3.8, 4) is 0 Å². The summed E-state index contributed by atoms with van der Waals surface area (Å²) in [5, 5.41) is -0.922. The molecule has 0 amide bonds. The van der Waals surface area contributed by atoms with Crippen LogP contribution >= 0.6 is 23.2 Å². The molecule has 2 aliphatic rings. The number of Topliss-reactive ketones (excluding diaryl/α,β-unsaturated/α-hetero) is 1. The zero-order chi connectivity index (χ0) is 32.1. The molecule has 0 aromatic heterocycles. The second-order valence-corrected chi connectivity index (χ2v) is 17.6. The van der Waals surface area contributed by atoms with E-state index in [0.29, 0.717) is 10.0 Å². The lowest BCUT2D eigenvalue weighted by molar-refractivity contribution is -0.128. The molecule has 5 nitrogen and oxygen atoms in total. The Morgan fingerprint density at radius 1 is 0.556 bits per heavy atom. The van der Waals surface area contributed by atoms with Gasteiger partial charge in [-0.3, -0.25) is 4.79 Å². The maximum Gasteiger partial charge on any atom is 0.182 e. The van der Waals surface area contributed by atoms with Crippen LogP contribution in [0.5, 0.6) is 0 Å². The standard InChI is InChI=1S/C36H34Cl2O5S2/c1-22-3-7-25(8-4-22)31-20-34(39)32-21-35(44(40,41)28-15-5-23(2)6-16-28)30(24-9-11-26(37)12-10-24)19-33(32)36(31)45(42,43)29-17-13-27(38)14-18-29/h3-18,30-33,35-36H,19-21H2,1-2H3/t30?,31?,32-,33+,35?,36?/m1/s1. The highest BCUT2D eigenvalue weighted by Gasteiger charge is 2.56. The van der Waals surface area contributed by atoms with Crippen LogP contribution in [0.3, 0.4) is 0 Å². The van der Waals surface area contributed by atoms with Crippen molar-refractivity contribution in [1.29, 1.82) is 0 Å². The monoisotopic (exact) mass is 680 g/mol. The summed E-state index contributed by atoms with van der Waals surface area (Å²) < 4.78 is 57.9. The lowest BCUT2D eigenvalue weighted by Gasteiger charge is -2.48. The number of benzene rings is 4. The molecule has 45 heavy (non-hydrogen) atoms. The first-order chi connectivity index (χ1) is 21.4. The van der Waals surface area contributed by atoms with Crippen molar-refractivity contribution in [2.45, 2.75) is 65.2 Å². The van der Waals surface area contributed by atoms with Crippen LogP contribution in [-0.4, -0.2) is 33.1 Å². The van der Waals surface area contributed by atoms with Crippen molar-refractivity contribution in [3.05, 3.63) is 129 Å². The molecule has 4 aromatic carbocycles. The highest BCUT2D eigenvalue weighted by Crippen LogP contribution is 2.54. The minimum atomic E-state index is -3.98. The molecule has 4 aromatic rings. The van der Waals surface area contributed by atoms with Gasteiger partial charge in [0.25, 0.3) is 0 Å². The number of rotatable bonds is 6. The summed E-state index contributed by atoms with van der Waals surface area (Å²) >= 11 is 12.4. The molecule has 2 aliphatic carbocycles. The van der Waals surface area contributed by atoms with E-state index in [1.165, 1.54) is 12.1 Å². The van der Waals surface area contributed by atoms with Crippen LogP contribution in [0, 0.1) is 25.7 Å². The Morgan fingerprint density at radius 3 is 1.58 bits per heavy atom. The first kappa shape index (κ1) is 32.0. The molecule has 234 valence electrons. The van der Waals surface area contributed by atoms with Crippen molar-refractivity contribution in [2.24, 2.45) is 11.8 Å². The third-order valence-electron chi connectivity index (χ3n) is 9.68. The summed E-state index contributed by atoms with van der Waals surface area (Å²) in [4.78, 5) is 14.4. The van der Waals surface area contributed by atoms with E-state index in [0.717, 1.165) is 22.3 Å². The van der Waals surface area contributed by atoms with E-state index in [-0.39, 0.29) is 34.8 Å². The second-order valence-electron chi connectivity index (χ2n) is 12.4. The number of fused-ring (bicyclic) bond motifs is 1. The van der Waals surface area contributed by atoms with Gasteiger partial charge in [-0.25, -0.2) is 16.8 Å². The molecule has 4 unspecified atom stereocenters. The zero-order valence-electron chi connectivity index (χ0n) is 24.9. The minimum Gasteiger partial charge on any atom is -0.299 e. The Balaban J connectivity index is 1.51. The molecule has 2 saturated carbocycles. The minimum absolute atomic E-state index is 0.0185. The molecule has 0 saturated heterocycles. The Bertz CT molecular complexity index is 1920. The van der Waals surface area contributed by atoms with Gasteiger partial charge in [0.15, 0.2) is 19.7 Å². The highest BCUT2D eigenvalue weighted by atomic mass is 35.5. The number of halogens is 2. The second kappa shape index (κ2) is 12.3. The van der Waals surface area contributed by atoms with Gasteiger partial charge in [-0.2, -0.15) is 0 Å². The molecule has 2 fully saturated rings. The van der Waals surface area contributed by atoms with E-state index in [2.05, 4.69) is 0 Å². The van der Waals surface area contributed by atoms with Crippen LogP contribution in [0.4, 0.5) is 0 Å². The van der Waals surface area contributed by atoms with Crippen LogP contribution in [0.2, 0.25) is 10.0 Å². The van der Waals surface area contributed by atoms with Crippen molar-refractivity contribution in [1.82, 2.24) is 0 Å². The summed E-state index contributed by atoms with van der Waals surface area (Å²) in [5.74, 6) is -2.57. The van der Waals surface area contributed by atoms with Crippen LogP contribution in [0.1, 0.15) is 53.4 Å². The Kier molecular flexibility index (Phi) is 8.76. The van der Waals surface area contributed by atoms with Gasteiger partial charge in [0, 0.05) is 34.2 Å². The first-order valence-corrected chi connectivity index (χ1v) is 18.9.